The lowest BCUT2D eigenvalue weighted by Crippen LogP contribution is -2.35. The van der Waals surface area contributed by atoms with Gasteiger partial charge in [0.2, 0.25) is 0 Å². The van der Waals surface area contributed by atoms with Crippen molar-refractivity contribution in [2.24, 2.45) is 0 Å². The van der Waals surface area contributed by atoms with Gasteiger partial charge in [-0.2, -0.15) is 0 Å². The molecule has 1 amide bonds. The van der Waals surface area contributed by atoms with Crippen LogP contribution in [-0.4, -0.2) is 66.8 Å². The van der Waals surface area contributed by atoms with E-state index in [9.17, 15) is 13.2 Å². The number of hydrogen-bond acceptors (Lipinski definition) is 6. The molecule has 5 rings (SSSR count). The summed E-state index contributed by atoms with van der Waals surface area (Å²) in [4.78, 5) is 18.5. The number of carbonyl (C=O) groups excluding carboxylic acids is 1. The number of nitrogens with zero attached hydrogens (tertiary/aromatic N) is 4. The van der Waals surface area contributed by atoms with E-state index >= 15 is 0 Å². The zero-order chi connectivity index (χ0) is 25.1. The van der Waals surface area contributed by atoms with Crippen LogP contribution in [0.5, 0.6) is 0 Å². The molecule has 1 aromatic heterocycles. The molecule has 1 aliphatic heterocycles. The van der Waals surface area contributed by atoms with Crippen LogP contribution >= 0.6 is 0 Å². The van der Waals surface area contributed by atoms with Gasteiger partial charge in [-0.05, 0) is 30.2 Å². The molecule has 1 saturated heterocycles. The van der Waals surface area contributed by atoms with E-state index in [1.54, 1.807) is 12.1 Å². The molecule has 3 aromatic carbocycles. The van der Waals surface area contributed by atoms with Crippen LogP contribution in [0, 0.1) is 0 Å². The fraction of sp³-hybridized carbons (Fsp3) is 0.250. The summed E-state index contributed by atoms with van der Waals surface area (Å²) in [5.74, 6) is -0.0284. The van der Waals surface area contributed by atoms with Gasteiger partial charge in [-0.3, -0.25) is 9.69 Å². The molecule has 184 valence electrons. The minimum atomic E-state index is -3.21. The average Bonchev–Trinajstić information content (AvgIpc) is 3.13. The summed E-state index contributed by atoms with van der Waals surface area (Å²) >= 11 is 0. The Hall–Kier alpha value is -3.62. The van der Waals surface area contributed by atoms with Crippen LogP contribution in [0.4, 0.5) is 0 Å². The van der Waals surface area contributed by atoms with Crippen LogP contribution in [0.2, 0.25) is 0 Å². The van der Waals surface area contributed by atoms with Crippen LogP contribution in [0.1, 0.15) is 22.3 Å². The van der Waals surface area contributed by atoms with Crippen molar-refractivity contribution in [2.45, 2.75) is 17.9 Å². The van der Waals surface area contributed by atoms with Crippen molar-refractivity contribution < 1.29 is 13.2 Å². The first-order valence-corrected chi connectivity index (χ1v) is 13.9. The summed E-state index contributed by atoms with van der Waals surface area (Å²) in [5.41, 5.74) is 3.82. The molecule has 0 unspecified atom stereocenters. The summed E-state index contributed by atoms with van der Waals surface area (Å²) in [5, 5.41) is 9.65. The Kier molecular flexibility index (Phi) is 6.80. The third-order valence-electron chi connectivity index (χ3n) is 6.56. The first kappa shape index (κ1) is 24.1. The molecule has 0 atom stereocenters. The summed E-state index contributed by atoms with van der Waals surface area (Å²) in [6.45, 7) is 3.56. The summed E-state index contributed by atoms with van der Waals surface area (Å²) in [6, 6.07) is 24.4. The summed E-state index contributed by atoms with van der Waals surface area (Å²) in [6.07, 6.45) is 2.07. The number of fused-ring (bicyclic) bond motifs is 1. The predicted molar refractivity (Wildman–Crippen MR) is 140 cm³/mol. The Morgan fingerprint density at radius 3 is 2.31 bits per heavy atom. The third kappa shape index (κ3) is 5.15. The van der Waals surface area contributed by atoms with E-state index in [0.717, 1.165) is 36.0 Å². The zero-order valence-corrected chi connectivity index (χ0v) is 21.0. The molecule has 4 aromatic rings. The minimum Gasteiger partial charge on any atom is -0.337 e. The van der Waals surface area contributed by atoms with Gasteiger partial charge in [-0.15, -0.1) is 10.2 Å². The highest BCUT2D eigenvalue weighted by molar-refractivity contribution is 7.90. The first-order valence-electron chi connectivity index (χ1n) is 12.0. The van der Waals surface area contributed by atoms with Crippen LogP contribution in [-0.2, 0) is 16.4 Å². The highest BCUT2D eigenvalue weighted by atomic mass is 32.2. The maximum absolute atomic E-state index is 13.9. The molecule has 0 spiro atoms. The van der Waals surface area contributed by atoms with Crippen LogP contribution < -0.4 is 0 Å². The number of amides is 1. The monoisotopic (exact) mass is 500 g/mol. The lowest BCUT2D eigenvalue weighted by atomic mass is 10.0. The first-order chi connectivity index (χ1) is 17.4. The second kappa shape index (κ2) is 10.2. The van der Waals surface area contributed by atoms with Gasteiger partial charge in [0.1, 0.15) is 5.69 Å². The minimum absolute atomic E-state index is 0.0284. The van der Waals surface area contributed by atoms with Crippen molar-refractivity contribution in [1.82, 2.24) is 20.0 Å². The van der Waals surface area contributed by atoms with Crippen molar-refractivity contribution in [3.63, 3.8) is 0 Å². The van der Waals surface area contributed by atoms with Gasteiger partial charge in [-0.1, -0.05) is 60.7 Å². The standard InChI is InChI=1S/C28H28N4O3S/c1-36(34,35)23-14-12-21(13-15-23)20-31-16-7-17-32(19-18-31)28(33)26-24-10-5-6-11-25(24)29-30-27(26)22-8-3-2-4-9-22/h2-6,8-15H,7,16-20H2,1H3. The largest absolute Gasteiger partial charge is 0.337 e. The van der Waals surface area contributed by atoms with Crippen LogP contribution in [0.15, 0.2) is 83.8 Å². The van der Waals surface area contributed by atoms with Crippen molar-refractivity contribution in [3.8, 4) is 11.3 Å². The van der Waals surface area contributed by atoms with Gasteiger partial charge < -0.3 is 4.90 Å². The third-order valence-corrected chi connectivity index (χ3v) is 7.69. The van der Waals surface area contributed by atoms with Gasteiger partial charge in [-0.25, -0.2) is 8.42 Å². The fourth-order valence-corrected chi connectivity index (χ4v) is 5.29. The van der Waals surface area contributed by atoms with E-state index in [2.05, 4.69) is 15.1 Å². The van der Waals surface area contributed by atoms with E-state index in [1.165, 1.54) is 6.26 Å². The van der Waals surface area contributed by atoms with Gasteiger partial charge in [0.25, 0.3) is 5.91 Å². The van der Waals surface area contributed by atoms with E-state index in [-0.39, 0.29) is 5.91 Å². The van der Waals surface area contributed by atoms with E-state index in [1.807, 2.05) is 71.6 Å². The molecule has 0 saturated carbocycles. The van der Waals surface area contributed by atoms with Crippen LogP contribution in [0.3, 0.4) is 0 Å². The molecule has 0 N–H and O–H groups in total. The molecular formula is C28H28N4O3S. The lowest BCUT2D eigenvalue weighted by molar-refractivity contribution is 0.0763. The Balaban J connectivity index is 1.37. The van der Waals surface area contributed by atoms with Gasteiger partial charge >= 0.3 is 0 Å². The molecule has 7 nitrogen and oxygen atoms in total. The topological polar surface area (TPSA) is 83.5 Å². The number of benzene rings is 3. The second-order valence-electron chi connectivity index (χ2n) is 9.14. The number of carbonyl (C=O) groups is 1. The highest BCUT2D eigenvalue weighted by Crippen LogP contribution is 2.28. The van der Waals surface area contributed by atoms with E-state index in [4.69, 9.17) is 0 Å². The SMILES string of the molecule is CS(=O)(=O)c1ccc(CN2CCCN(C(=O)c3c(-c4ccccc4)nnc4ccccc34)CC2)cc1. The molecule has 0 radical (unpaired) electrons. The Labute approximate surface area is 211 Å². The van der Waals surface area contributed by atoms with Crippen molar-refractivity contribution >= 4 is 26.6 Å². The maximum atomic E-state index is 13.9. The van der Waals surface area contributed by atoms with Gasteiger partial charge in [0, 0.05) is 49.9 Å². The smallest absolute Gasteiger partial charge is 0.256 e. The Morgan fingerprint density at radius 2 is 1.56 bits per heavy atom. The molecule has 1 aliphatic rings. The maximum Gasteiger partial charge on any atom is 0.256 e. The normalized spacial score (nSPS) is 15.1. The number of hydrogen-bond donors (Lipinski definition) is 0. The molecule has 2 heterocycles. The lowest BCUT2D eigenvalue weighted by Gasteiger charge is -2.23. The summed E-state index contributed by atoms with van der Waals surface area (Å²) < 4.78 is 23.5. The van der Waals surface area contributed by atoms with Gasteiger partial charge in [0.15, 0.2) is 9.84 Å². The van der Waals surface area contributed by atoms with Crippen molar-refractivity contribution in [2.75, 3.05) is 32.4 Å². The van der Waals surface area contributed by atoms with E-state index < -0.39 is 9.84 Å². The second-order valence-corrected chi connectivity index (χ2v) is 11.2. The van der Waals surface area contributed by atoms with E-state index in [0.29, 0.717) is 41.3 Å². The zero-order valence-electron chi connectivity index (χ0n) is 20.2. The van der Waals surface area contributed by atoms with Crippen molar-refractivity contribution in [1.29, 1.82) is 0 Å². The summed E-state index contributed by atoms with van der Waals surface area (Å²) in [7, 11) is -3.21. The Bertz CT molecular complexity index is 1490. The van der Waals surface area contributed by atoms with Gasteiger partial charge in [0.05, 0.1) is 16.0 Å². The Morgan fingerprint density at radius 1 is 0.833 bits per heavy atom. The number of aromatic nitrogens is 2. The molecule has 8 heteroatoms. The van der Waals surface area contributed by atoms with Crippen molar-refractivity contribution in [3.05, 3.63) is 90.0 Å². The molecule has 36 heavy (non-hydrogen) atoms. The number of rotatable bonds is 5. The molecule has 1 fully saturated rings. The fourth-order valence-electron chi connectivity index (χ4n) is 4.66. The number of sulfone groups is 1. The average molecular weight is 501 g/mol. The highest BCUT2D eigenvalue weighted by Gasteiger charge is 2.26. The quantitative estimate of drug-likeness (QED) is 0.411. The molecular weight excluding hydrogens is 472 g/mol. The molecule has 0 bridgehead atoms. The van der Waals surface area contributed by atoms with Crippen LogP contribution in [0.25, 0.3) is 22.2 Å². The molecule has 0 aliphatic carbocycles. The predicted octanol–water partition coefficient (Wildman–Crippen LogP) is 4.05.